The summed E-state index contributed by atoms with van der Waals surface area (Å²) in [6, 6.07) is 4.00. The van der Waals surface area contributed by atoms with E-state index in [9.17, 15) is 4.79 Å². The van der Waals surface area contributed by atoms with Gasteiger partial charge >= 0.3 is 0 Å². The number of nitrogens with zero attached hydrogens (tertiary/aromatic N) is 3. The lowest BCUT2D eigenvalue weighted by molar-refractivity contribution is 0.718. The predicted molar refractivity (Wildman–Crippen MR) is 59.8 cm³/mol. The number of hydrogen-bond acceptors (Lipinski definition) is 3. The molecule has 1 aliphatic carbocycles. The molecule has 0 aromatic carbocycles. The molecule has 5 heteroatoms. The molecule has 3 rings (SSSR count). The van der Waals surface area contributed by atoms with Gasteiger partial charge < -0.3 is 0 Å². The highest BCUT2D eigenvalue weighted by Gasteiger charge is 2.27. The number of rotatable bonds is 1. The summed E-state index contributed by atoms with van der Waals surface area (Å²) in [5, 5.41) is 0. The van der Waals surface area contributed by atoms with E-state index in [1.807, 2.05) is 12.1 Å². The maximum absolute atomic E-state index is 11.9. The molecule has 0 spiro atoms. The molecule has 2 aromatic heterocycles. The van der Waals surface area contributed by atoms with Gasteiger partial charge in [-0.1, -0.05) is 0 Å². The highest BCUT2D eigenvalue weighted by atomic mass is 79.9. The lowest BCUT2D eigenvalue weighted by Gasteiger charge is -2.07. The Morgan fingerprint density at radius 1 is 1.47 bits per heavy atom. The Morgan fingerprint density at radius 2 is 2.27 bits per heavy atom. The predicted octanol–water partition coefficient (Wildman–Crippen LogP) is 1.89. The molecule has 0 N–H and O–H groups in total. The van der Waals surface area contributed by atoms with Crippen LogP contribution in [0.25, 0.3) is 11.2 Å². The third-order valence-corrected chi connectivity index (χ3v) is 3.04. The summed E-state index contributed by atoms with van der Waals surface area (Å²) in [6.45, 7) is 0. The zero-order chi connectivity index (χ0) is 10.4. The van der Waals surface area contributed by atoms with Crippen molar-refractivity contribution in [3.05, 3.63) is 33.3 Å². The molecule has 4 nitrogen and oxygen atoms in total. The van der Waals surface area contributed by atoms with Gasteiger partial charge in [0, 0.05) is 12.2 Å². The summed E-state index contributed by atoms with van der Waals surface area (Å²) < 4.78 is 2.11. The van der Waals surface area contributed by atoms with Gasteiger partial charge in [0.25, 0.3) is 5.56 Å². The van der Waals surface area contributed by atoms with Crippen LogP contribution in [-0.4, -0.2) is 14.5 Å². The molecule has 1 saturated carbocycles. The van der Waals surface area contributed by atoms with Crippen molar-refractivity contribution in [2.75, 3.05) is 0 Å². The van der Waals surface area contributed by atoms with Crippen LogP contribution in [0.3, 0.4) is 0 Å². The molecule has 0 saturated heterocycles. The molecule has 76 valence electrons. The van der Waals surface area contributed by atoms with E-state index in [0.717, 1.165) is 18.4 Å². The number of pyridine rings is 1. The Hall–Kier alpha value is -1.23. The molecule has 0 atom stereocenters. The SMILES string of the molecule is O=c1c(Br)nc2cccnc2n1C1CC1. The fourth-order valence-electron chi connectivity index (χ4n) is 1.68. The summed E-state index contributed by atoms with van der Waals surface area (Å²) in [5.74, 6) is 0. The Kier molecular flexibility index (Phi) is 1.88. The zero-order valence-electron chi connectivity index (χ0n) is 7.85. The molecule has 0 radical (unpaired) electrons. The minimum atomic E-state index is -0.0799. The normalized spacial score (nSPS) is 15.8. The van der Waals surface area contributed by atoms with Gasteiger partial charge in [-0.25, -0.2) is 9.97 Å². The standard InChI is InChI=1S/C10H8BrN3O/c11-8-10(15)14(6-3-4-6)9-7(13-8)2-1-5-12-9/h1-2,5-6H,3-4H2. The third kappa shape index (κ3) is 1.38. The minimum Gasteiger partial charge on any atom is -0.286 e. The Balaban J connectivity index is 2.46. The van der Waals surface area contributed by atoms with Gasteiger partial charge in [0.2, 0.25) is 0 Å². The average molecular weight is 266 g/mol. The lowest BCUT2D eigenvalue weighted by Crippen LogP contribution is -2.22. The summed E-state index contributed by atoms with van der Waals surface area (Å²) in [7, 11) is 0. The topological polar surface area (TPSA) is 47.8 Å². The van der Waals surface area contributed by atoms with Crippen LogP contribution in [0.15, 0.2) is 27.7 Å². The summed E-state index contributed by atoms with van der Waals surface area (Å²) in [5.41, 5.74) is 1.37. The van der Waals surface area contributed by atoms with Gasteiger partial charge in [-0.15, -0.1) is 0 Å². The fourth-order valence-corrected chi connectivity index (χ4v) is 2.06. The van der Waals surface area contributed by atoms with Gasteiger partial charge in [0.1, 0.15) is 5.52 Å². The van der Waals surface area contributed by atoms with E-state index >= 15 is 0 Å². The van der Waals surface area contributed by atoms with E-state index in [2.05, 4.69) is 25.9 Å². The quantitative estimate of drug-likeness (QED) is 0.791. The summed E-state index contributed by atoms with van der Waals surface area (Å²) >= 11 is 3.19. The molecule has 0 bridgehead atoms. The molecule has 1 aliphatic rings. The van der Waals surface area contributed by atoms with Crippen molar-refractivity contribution in [2.45, 2.75) is 18.9 Å². The van der Waals surface area contributed by atoms with Crippen LogP contribution in [0.4, 0.5) is 0 Å². The monoisotopic (exact) mass is 265 g/mol. The first kappa shape index (κ1) is 9.03. The second-order valence-electron chi connectivity index (χ2n) is 3.66. The first-order valence-corrected chi connectivity index (χ1v) is 5.59. The van der Waals surface area contributed by atoms with Gasteiger partial charge in [-0.3, -0.25) is 9.36 Å². The van der Waals surface area contributed by atoms with Crippen molar-refractivity contribution >= 4 is 27.1 Å². The van der Waals surface area contributed by atoms with E-state index in [4.69, 9.17) is 0 Å². The van der Waals surface area contributed by atoms with Crippen molar-refractivity contribution in [1.82, 2.24) is 14.5 Å². The Labute approximate surface area is 94.1 Å². The van der Waals surface area contributed by atoms with Crippen LogP contribution in [0.5, 0.6) is 0 Å². The number of aromatic nitrogens is 3. The van der Waals surface area contributed by atoms with E-state index in [-0.39, 0.29) is 5.56 Å². The molecular formula is C10H8BrN3O. The molecular weight excluding hydrogens is 258 g/mol. The first-order valence-electron chi connectivity index (χ1n) is 4.80. The molecule has 2 aromatic rings. The van der Waals surface area contributed by atoms with Crippen LogP contribution in [-0.2, 0) is 0 Å². The summed E-state index contributed by atoms with van der Waals surface area (Å²) in [6.07, 6.45) is 3.81. The first-order chi connectivity index (χ1) is 7.27. The zero-order valence-corrected chi connectivity index (χ0v) is 9.44. The number of halogens is 1. The van der Waals surface area contributed by atoms with E-state index in [1.54, 1.807) is 10.8 Å². The largest absolute Gasteiger partial charge is 0.286 e. The van der Waals surface area contributed by atoms with Crippen LogP contribution in [0.1, 0.15) is 18.9 Å². The van der Waals surface area contributed by atoms with Crippen LogP contribution in [0.2, 0.25) is 0 Å². The van der Waals surface area contributed by atoms with Crippen molar-refractivity contribution in [3.63, 3.8) is 0 Å². The molecule has 0 aliphatic heterocycles. The molecule has 2 heterocycles. The lowest BCUT2D eigenvalue weighted by atomic mass is 10.4. The van der Waals surface area contributed by atoms with Gasteiger partial charge in [-0.2, -0.15) is 0 Å². The van der Waals surface area contributed by atoms with Crippen molar-refractivity contribution in [3.8, 4) is 0 Å². The van der Waals surface area contributed by atoms with E-state index in [1.165, 1.54) is 0 Å². The molecule has 1 fully saturated rings. The van der Waals surface area contributed by atoms with Crippen LogP contribution >= 0.6 is 15.9 Å². The van der Waals surface area contributed by atoms with Gasteiger partial charge in [0.15, 0.2) is 10.3 Å². The second-order valence-corrected chi connectivity index (χ2v) is 4.41. The van der Waals surface area contributed by atoms with Crippen molar-refractivity contribution < 1.29 is 0 Å². The molecule has 15 heavy (non-hydrogen) atoms. The van der Waals surface area contributed by atoms with Gasteiger partial charge in [-0.05, 0) is 40.9 Å². The number of hydrogen-bond donors (Lipinski definition) is 0. The maximum Gasteiger partial charge on any atom is 0.285 e. The second kappa shape index (κ2) is 3.13. The van der Waals surface area contributed by atoms with Crippen molar-refractivity contribution in [2.24, 2.45) is 0 Å². The van der Waals surface area contributed by atoms with E-state index in [0.29, 0.717) is 16.3 Å². The smallest absolute Gasteiger partial charge is 0.285 e. The van der Waals surface area contributed by atoms with Crippen molar-refractivity contribution in [1.29, 1.82) is 0 Å². The van der Waals surface area contributed by atoms with E-state index < -0.39 is 0 Å². The highest BCUT2D eigenvalue weighted by Crippen LogP contribution is 2.35. The Bertz CT molecular complexity index is 589. The average Bonchev–Trinajstić information content (AvgIpc) is 3.04. The Morgan fingerprint density at radius 3 is 3.00 bits per heavy atom. The molecule has 0 unspecified atom stereocenters. The fraction of sp³-hybridized carbons (Fsp3) is 0.300. The maximum atomic E-state index is 11.9. The van der Waals surface area contributed by atoms with Crippen LogP contribution < -0.4 is 5.56 Å². The number of fused-ring (bicyclic) bond motifs is 1. The summed E-state index contributed by atoms with van der Waals surface area (Å²) in [4.78, 5) is 20.3. The van der Waals surface area contributed by atoms with Crippen LogP contribution in [0, 0.1) is 0 Å². The van der Waals surface area contributed by atoms with Gasteiger partial charge in [0.05, 0.1) is 0 Å². The third-order valence-electron chi connectivity index (χ3n) is 2.52. The minimum absolute atomic E-state index is 0.0799. The highest BCUT2D eigenvalue weighted by molar-refractivity contribution is 9.10. The molecule has 0 amide bonds.